The fraction of sp³-hybridized carbons (Fsp3) is 0.139. The number of H-pyrrole nitrogens is 1. The second-order valence-corrected chi connectivity index (χ2v) is 12.0. The van der Waals surface area contributed by atoms with Crippen LogP contribution in [0.3, 0.4) is 0 Å². The van der Waals surface area contributed by atoms with Gasteiger partial charge < -0.3 is 25.6 Å². The number of aliphatic hydroxyl groups excluding tert-OH is 2. The number of phenols is 1. The molecule has 0 fully saturated rings. The van der Waals surface area contributed by atoms with Crippen LogP contribution in [0.25, 0.3) is 28.4 Å². The molecule has 0 aliphatic heterocycles. The van der Waals surface area contributed by atoms with Crippen molar-refractivity contribution in [3.63, 3.8) is 0 Å². The molecule has 0 saturated heterocycles. The minimum Gasteiger partial charge on any atom is -0.510 e. The third-order valence-electron chi connectivity index (χ3n) is 9.10. The molecule has 0 saturated carbocycles. The Hall–Kier alpha value is -5.74. The monoisotopic (exact) mass is 648 g/mol. The van der Waals surface area contributed by atoms with Crippen LogP contribution in [0.1, 0.15) is 35.7 Å². The van der Waals surface area contributed by atoms with E-state index in [0.717, 1.165) is 11.6 Å². The lowest BCUT2D eigenvalue weighted by molar-refractivity contribution is 0.362. The lowest BCUT2D eigenvalue weighted by atomic mass is 9.78. The van der Waals surface area contributed by atoms with Gasteiger partial charge in [-0.25, -0.2) is 0 Å². The summed E-state index contributed by atoms with van der Waals surface area (Å²) in [5.74, 6) is -2.16. The van der Waals surface area contributed by atoms with Gasteiger partial charge in [0.1, 0.15) is 22.7 Å². The molecule has 4 aliphatic rings. The molecule has 0 radical (unpaired) electrons. The minimum atomic E-state index is -2.04. The first-order valence-corrected chi connectivity index (χ1v) is 15.1. The van der Waals surface area contributed by atoms with Gasteiger partial charge in [0, 0.05) is 29.3 Å². The Bertz CT molecular complexity index is 2740. The fourth-order valence-corrected chi connectivity index (χ4v) is 7.31. The zero-order valence-corrected chi connectivity index (χ0v) is 25.5. The number of phenolic OH excluding ortho intramolecular Hbond substituents is 1. The maximum atomic E-state index is 14.0. The molecule has 1 aromatic heterocycles. The number of aromatic hydroxyl groups is 1. The van der Waals surface area contributed by atoms with Gasteiger partial charge in [0.25, 0.3) is 5.56 Å². The molecule has 1 heterocycles. The van der Waals surface area contributed by atoms with E-state index < -0.39 is 70.8 Å². The Balaban J connectivity index is 1.51. The van der Waals surface area contributed by atoms with Gasteiger partial charge in [0.2, 0.25) is 16.3 Å². The van der Waals surface area contributed by atoms with Crippen molar-refractivity contribution >= 4 is 45.7 Å². The molecular weight excluding hydrogens is 624 g/mol. The third kappa shape index (κ3) is 4.07. The zero-order chi connectivity index (χ0) is 33.4. The van der Waals surface area contributed by atoms with Crippen LogP contribution in [-0.2, 0) is 18.4 Å². The molecule has 3 aromatic rings. The molecule has 5 N–H and O–H groups in total. The number of fused-ring (bicyclic) bond motifs is 4. The first-order valence-electron chi connectivity index (χ1n) is 14.7. The van der Waals surface area contributed by atoms with E-state index in [1.807, 2.05) is 13.0 Å². The summed E-state index contributed by atoms with van der Waals surface area (Å²) < 4.78 is 0. The Kier molecular flexibility index (Phi) is 6.80. The molecule has 2 aromatic carbocycles. The van der Waals surface area contributed by atoms with Crippen molar-refractivity contribution in [2.45, 2.75) is 31.7 Å². The highest BCUT2D eigenvalue weighted by atomic mass is 35.5. The highest BCUT2D eigenvalue weighted by Gasteiger charge is 2.53. The zero-order valence-electron chi connectivity index (χ0n) is 24.7. The maximum Gasteiger partial charge on any atom is 0.260 e. The van der Waals surface area contributed by atoms with E-state index in [1.165, 1.54) is 0 Å². The van der Waals surface area contributed by atoms with Crippen LogP contribution in [0, 0.1) is 10.4 Å². The Morgan fingerprint density at radius 1 is 0.894 bits per heavy atom. The summed E-state index contributed by atoms with van der Waals surface area (Å²) in [5, 5.41) is 35.3. The summed E-state index contributed by atoms with van der Waals surface area (Å²) >= 11 is 6.82. The van der Waals surface area contributed by atoms with Gasteiger partial charge in [-0.15, -0.1) is 0 Å². The normalized spacial score (nSPS) is 17.1. The first kappa shape index (κ1) is 29.9. The van der Waals surface area contributed by atoms with Crippen molar-refractivity contribution in [1.29, 1.82) is 0 Å². The number of hydrogen-bond donors (Lipinski definition) is 5. The lowest BCUT2D eigenvalue weighted by Gasteiger charge is -2.27. The SMILES string of the molecule is C/C=C/C=C/c1cc2c(Cl)c3c(c(O)c2c(=O)[nH]1)[C@@]1(CC3)C(O)=c2c(=O)c3c(=O)cc(NCc4ccccc4)c(=O)c=3c(=O)c2=C1O. The quantitative estimate of drug-likeness (QED) is 0.179. The smallest absolute Gasteiger partial charge is 0.260 e. The topological polar surface area (TPSA) is 174 Å². The summed E-state index contributed by atoms with van der Waals surface area (Å²) in [7, 11) is 0. The van der Waals surface area contributed by atoms with E-state index in [2.05, 4.69) is 10.3 Å². The van der Waals surface area contributed by atoms with Gasteiger partial charge in [-0.05, 0) is 43.0 Å². The van der Waals surface area contributed by atoms with E-state index in [0.29, 0.717) is 11.3 Å². The van der Waals surface area contributed by atoms with Crippen LogP contribution in [-0.4, -0.2) is 20.3 Å². The maximum absolute atomic E-state index is 14.0. The van der Waals surface area contributed by atoms with Crippen molar-refractivity contribution in [2.24, 2.45) is 0 Å². The molecule has 234 valence electrons. The second-order valence-electron chi connectivity index (χ2n) is 11.6. The van der Waals surface area contributed by atoms with Crippen LogP contribution >= 0.6 is 11.6 Å². The van der Waals surface area contributed by atoms with Gasteiger partial charge in [0.15, 0.2) is 5.43 Å². The fourth-order valence-electron chi connectivity index (χ4n) is 6.97. The van der Waals surface area contributed by atoms with E-state index in [1.54, 1.807) is 54.6 Å². The molecule has 1 spiro atoms. The van der Waals surface area contributed by atoms with Crippen molar-refractivity contribution in [3.8, 4) is 5.75 Å². The predicted molar refractivity (Wildman–Crippen MR) is 179 cm³/mol. The second kappa shape index (κ2) is 10.7. The number of aliphatic hydroxyl groups is 2. The van der Waals surface area contributed by atoms with Crippen molar-refractivity contribution in [3.05, 3.63) is 160 Å². The van der Waals surface area contributed by atoms with Gasteiger partial charge in [-0.2, -0.15) is 0 Å². The van der Waals surface area contributed by atoms with Crippen molar-refractivity contribution in [1.82, 2.24) is 4.98 Å². The summed E-state index contributed by atoms with van der Waals surface area (Å²) in [6.45, 7) is 1.98. The lowest BCUT2D eigenvalue weighted by Crippen LogP contribution is -2.52. The van der Waals surface area contributed by atoms with Crippen molar-refractivity contribution < 1.29 is 15.3 Å². The minimum absolute atomic E-state index is 0.0748. The van der Waals surface area contributed by atoms with Crippen molar-refractivity contribution in [2.75, 3.05) is 5.32 Å². The molecule has 1 atom stereocenters. The summed E-state index contributed by atoms with van der Waals surface area (Å²) in [5.41, 5.74) is -5.64. The summed E-state index contributed by atoms with van der Waals surface area (Å²) in [6.07, 6.45) is 6.84. The number of halogens is 1. The molecular formula is C36H25ClN2O8. The molecule has 10 nitrogen and oxygen atoms in total. The molecule has 0 amide bonds. The van der Waals surface area contributed by atoms with Crippen LogP contribution in [0.2, 0.25) is 5.02 Å². The van der Waals surface area contributed by atoms with Crippen LogP contribution in [0.15, 0.2) is 84.7 Å². The number of allylic oxidation sites excluding steroid dienone is 3. The van der Waals surface area contributed by atoms with Gasteiger partial charge >= 0.3 is 0 Å². The van der Waals surface area contributed by atoms with E-state index in [-0.39, 0.29) is 46.4 Å². The largest absolute Gasteiger partial charge is 0.510 e. The highest BCUT2D eigenvalue weighted by molar-refractivity contribution is 6.37. The van der Waals surface area contributed by atoms with Crippen LogP contribution < -0.4 is 43.0 Å². The number of pyridine rings is 1. The van der Waals surface area contributed by atoms with E-state index >= 15 is 0 Å². The number of rotatable bonds is 5. The van der Waals surface area contributed by atoms with Gasteiger partial charge in [-0.1, -0.05) is 60.2 Å². The van der Waals surface area contributed by atoms with Crippen LogP contribution in [0.5, 0.6) is 5.75 Å². The predicted octanol–water partition coefficient (Wildman–Crippen LogP) is 2.36. The number of aromatic amines is 1. The van der Waals surface area contributed by atoms with Gasteiger partial charge in [0.05, 0.1) is 37.0 Å². The molecule has 4 aliphatic carbocycles. The Morgan fingerprint density at radius 2 is 1.57 bits per heavy atom. The Morgan fingerprint density at radius 3 is 2.26 bits per heavy atom. The Labute approximate surface area is 268 Å². The number of anilines is 1. The number of nitrogens with one attached hydrogen (secondary N) is 2. The number of benzene rings is 2. The average Bonchev–Trinajstić information content (AvgIpc) is 3.56. The molecule has 47 heavy (non-hydrogen) atoms. The molecule has 0 unspecified atom stereocenters. The van der Waals surface area contributed by atoms with E-state index in [4.69, 9.17) is 11.6 Å². The first-order chi connectivity index (χ1) is 22.5. The standard InChI is InChI=1S/C36H25ClN2O8/c1-2-3-5-10-17-13-19-22(35(47)39-17)32(44)27-18(28(19)37)11-12-36(27)33(45)25-26(34(36)46)31(43)24-23(30(25)42)21(40)14-20(29(24)41)38-15-16-8-6-4-7-9-16/h2-10,13-14,38,44-46H,11-12,15H2,1H3,(H,39,47)/b3-2+,10-5+/t36-/m0/s1. The van der Waals surface area contributed by atoms with Gasteiger partial charge in [-0.3, -0.25) is 24.0 Å². The number of hydrogen-bond acceptors (Lipinski definition) is 9. The molecule has 7 rings (SSSR count). The van der Waals surface area contributed by atoms with E-state index in [9.17, 15) is 39.3 Å². The number of aromatic nitrogens is 1. The molecule has 0 bridgehead atoms. The summed E-state index contributed by atoms with van der Waals surface area (Å²) in [4.78, 5) is 70.6. The van der Waals surface area contributed by atoms with Crippen LogP contribution in [0.4, 0.5) is 5.69 Å². The highest BCUT2D eigenvalue weighted by Crippen LogP contribution is 2.56. The third-order valence-corrected chi connectivity index (χ3v) is 9.53. The summed E-state index contributed by atoms with van der Waals surface area (Å²) in [6, 6.07) is 11.5. The molecule has 11 heteroatoms. The average molecular weight is 649 g/mol.